The summed E-state index contributed by atoms with van der Waals surface area (Å²) < 4.78 is 0. The number of carboxylic acid groups (broad SMARTS) is 1. The predicted molar refractivity (Wildman–Crippen MR) is 59.9 cm³/mol. The van der Waals surface area contributed by atoms with Gasteiger partial charge in [-0.3, -0.25) is 9.89 Å². The fourth-order valence-electron chi connectivity index (χ4n) is 1.16. The molecule has 0 bridgehead atoms. The van der Waals surface area contributed by atoms with Crippen LogP contribution < -0.4 is 11.1 Å². The second-order valence-corrected chi connectivity index (χ2v) is 3.23. The molecular formula is C9H8N6O3. The largest absolute Gasteiger partial charge is 0.477 e. The van der Waals surface area contributed by atoms with Gasteiger partial charge in [-0.2, -0.15) is 4.98 Å². The number of aromatic amines is 1. The first kappa shape index (κ1) is 11.5. The van der Waals surface area contributed by atoms with Gasteiger partial charge >= 0.3 is 5.97 Å². The van der Waals surface area contributed by atoms with Crippen molar-refractivity contribution < 1.29 is 14.7 Å². The number of aromatic nitrogens is 4. The standard InChI is InChI=1S/C9H8N6O3/c10-9-13-6(14-15-9)7(16)12-4-1-2-5(8(17)18)11-3-4/h1-3H,(H,12,16)(H,17,18)(H3,10,13,14,15). The van der Waals surface area contributed by atoms with E-state index in [9.17, 15) is 9.59 Å². The minimum atomic E-state index is -1.14. The Labute approximate surface area is 100 Å². The number of nitrogens with zero attached hydrogens (tertiary/aromatic N) is 3. The van der Waals surface area contributed by atoms with Crippen LogP contribution in [0.1, 0.15) is 21.1 Å². The van der Waals surface area contributed by atoms with Crippen LogP contribution >= 0.6 is 0 Å². The molecule has 0 atom stereocenters. The Morgan fingerprint density at radius 1 is 1.39 bits per heavy atom. The van der Waals surface area contributed by atoms with Crippen molar-refractivity contribution in [1.82, 2.24) is 20.2 Å². The third kappa shape index (κ3) is 2.40. The number of nitrogen functional groups attached to an aromatic ring is 1. The lowest BCUT2D eigenvalue weighted by molar-refractivity contribution is 0.0690. The minimum absolute atomic E-state index is 0.0421. The van der Waals surface area contributed by atoms with Crippen molar-refractivity contribution >= 4 is 23.5 Å². The molecule has 2 aromatic heterocycles. The molecule has 5 N–H and O–H groups in total. The Hall–Kier alpha value is -2.97. The summed E-state index contributed by atoms with van der Waals surface area (Å²) in [4.78, 5) is 29.5. The molecular weight excluding hydrogens is 240 g/mol. The van der Waals surface area contributed by atoms with Crippen molar-refractivity contribution in [2.75, 3.05) is 11.1 Å². The van der Waals surface area contributed by atoms with Crippen molar-refractivity contribution in [2.45, 2.75) is 0 Å². The fourth-order valence-corrected chi connectivity index (χ4v) is 1.16. The van der Waals surface area contributed by atoms with E-state index in [0.29, 0.717) is 5.69 Å². The van der Waals surface area contributed by atoms with Crippen molar-refractivity contribution in [2.24, 2.45) is 0 Å². The number of hydrogen-bond donors (Lipinski definition) is 4. The van der Waals surface area contributed by atoms with Crippen molar-refractivity contribution in [1.29, 1.82) is 0 Å². The van der Waals surface area contributed by atoms with Gasteiger partial charge in [0.05, 0.1) is 11.9 Å². The third-order valence-electron chi connectivity index (χ3n) is 1.96. The van der Waals surface area contributed by atoms with Crippen LogP contribution in [0.15, 0.2) is 18.3 Å². The SMILES string of the molecule is Nc1n[nH]c(C(=O)Nc2ccc(C(=O)O)nc2)n1. The molecule has 0 aliphatic carbocycles. The van der Waals surface area contributed by atoms with Gasteiger partial charge in [-0.25, -0.2) is 9.78 Å². The van der Waals surface area contributed by atoms with Crippen LogP contribution in [0.5, 0.6) is 0 Å². The lowest BCUT2D eigenvalue weighted by Gasteiger charge is -2.02. The fraction of sp³-hybridized carbons (Fsp3) is 0. The maximum absolute atomic E-state index is 11.6. The number of nitrogens with two attached hydrogens (primary N) is 1. The van der Waals surface area contributed by atoms with Crippen LogP contribution in [-0.4, -0.2) is 37.1 Å². The number of amides is 1. The third-order valence-corrected chi connectivity index (χ3v) is 1.96. The van der Waals surface area contributed by atoms with Gasteiger partial charge in [-0.05, 0) is 12.1 Å². The van der Waals surface area contributed by atoms with Gasteiger partial charge in [0.2, 0.25) is 11.8 Å². The normalized spacial score (nSPS) is 10.0. The minimum Gasteiger partial charge on any atom is -0.477 e. The molecule has 0 fully saturated rings. The molecule has 0 saturated carbocycles. The molecule has 2 heterocycles. The molecule has 9 nitrogen and oxygen atoms in total. The molecule has 2 rings (SSSR count). The molecule has 9 heteroatoms. The lowest BCUT2D eigenvalue weighted by Crippen LogP contribution is -2.14. The van der Waals surface area contributed by atoms with Crippen molar-refractivity contribution in [3.63, 3.8) is 0 Å². The summed E-state index contributed by atoms with van der Waals surface area (Å²) in [5, 5.41) is 17.0. The number of anilines is 2. The number of carbonyl (C=O) groups excluding carboxylic acids is 1. The Morgan fingerprint density at radius 3 is 2.67 bits per heavy atom. The Morgan fingerprint density at radius 2 is 2.17 bits per heavy atom. The summed E-state index contributed by atoms with van der Waals surface area (Å²) >= 11 is 0. The summed E-state index contributed by atoms with van der Waals surface area (Å²) in [5.41, 5.74) is 5.47. The van der Waals surface area contributed by atoms with Crippen LogP contribution in [-0.2, 0) is 0 Å². The van der Waals surface area contributed by atoms with Gasteiger partial charge in [0.25, 0.3) is 5.91 Å². The first-order valence-corrected chi connectivity index (χ1v) is 4.75. The number of aromatic carboxylic acids is 1. The van der Waals surface area contributed by atoms with Gasteiger partial charge in [-0.15, -0.1) is 5.10 Å². The second kappa shape index (κ2) is 4.49. The topological polar surface area (TPSA) is 147 Å². The Bertz CT molecular complexity index is 591. The van der Waals surface area contributed by atoms with E-state index in [1.54, 1.807) is 0 Å². The van der Waals surface area contributed by atoms with E-state index in [1.165, 1.54) is 18.3 Å². The zero-order chi connectivity index (χ0) is 13.1. The summed E-state index contributed by atoms with van der Waals surface area (Å²) in [7, 11) is 0. The van der Waals surface area contributed by atoms with Gasteiger partial charge in [-0.1, -0.05) is 0 Å². The number of pyridine rings is 1. The molecule has 0 radical (unpaired) electrons. The van der Waals surface area contributed by atoms with Crippen LogP contribution in [0.4, 0.5) is 11.6 Å². The van der Waals surface area contributed by atoms with E-state index in [4.69, 9.17) is 10.8 Å². The van der Waals surface area contributed by atoms with E-state index < -0.39 is 11.9 Å². The monoisotopic (exact) mass is 248 g/mol. The second-order valence-electron chi connectivity index (χ2n) is 3.23. The zero-order valence-corrected chi connectivity index (χ0v) is 8.91. The quantitative estimate of drug-likeness (QED) is 0.584. The number of nitrogens with one attached hydrogen (secondary N) is 2. The van der Waals surface area contributed by atoms with Crippen LogP contribution in [0.3, 0.4) is 0 Å². The predicted octanol–water partition coefficient (Wildman–Crippen LogP) is -0.268. The van der Waals surface area contributed by atoms with Crippen LogP contribution in [0, 0.1) is 0 Å². The van der Waals surface area contributed by atoms with Crippen LogP contribution in [0.25, 0.3) is 0 Å². The molecule has 0 aliphatic heterocycles. The molecule has 18 heavy (non-hydrogen) atoms. The van der Waals surface area contributed by atoms with E-state index in [1.807, 2.05) is 0 Å². The molecule has 0 saturated heterocycles. The van der Waals surface area contributed by atoms with Crippen molar-refractivity contribution in [3.05, 3.63) is 29.8 Å². The zero-order valence-electron chi connectivity index (χ0n) is 8.91. The van der Waals surface area contributed by atoms with E-state index in [2.05, 4.69) is 25.5 Å². The Kier molecular flexibility index (Phi) is 2.87. The molecule has 1 amide bonds. The van der Waals surface area contributed by atoms with Gasteiger partial charge in [0.15, 0.2) is 0 Å². The average Bonchev–Trinajstić information content (AvgIpc) is 2.76. The summed E-state index contributed by atoms with van der Waals surface area (Å²) in [5.74, 6) is -1.78. The maximum atomic E-state index is 11.6. The molecule has 0 aliphatic rings. The molecule has 0 spiro atoms. The number of rotatable bonds is 3. The van der Waals surface area contributed by atoms with E-state index in [0.717, 1.165) is 0 Å². The van der Waals surface area contributed by atoms with Gasteiger partial charge < -0.3 is 16.2 Å². The van der Waals surface area contributed by atoms with Crippen LogP contribution in [0.2, 0.25) is 0 Å². The molecule has 2 aromatic rings. The highest BCUT2D eigenvalue weighted by Gasteiger charge is 2.11. The van der Waals surface area contributed by atoms with Crippen molar-refractivity contribution in [3.8, 4) is 0 Å². The number of hydrogen-bond acceptors (Lipinski definition) is 6. The molecule has 0 aromatic carbocycles. The van der Waals surface area contributed by atoms with Gasteiger partial charge in [0, 0.05) is 0 Å². The summed E-state index contributed by atoms with van der Waals surface area (Å²) in [6.07, 6.45) is 1.22. The highest BCUT2D eigenvalue weighted by Crippen LogP contribution is 2.07. The number of carboxylic acids is 1. The lowest BCUT2D eigenvalue weighted by atomic mass is 10.3. The smallest absolute Gasteiger partial charge is 0.354 e. The van der Waals surface area contributed by atoms with E-state index in [-0.39, 0.29) is 17.5 Å². The summed E-state index contributed by atoms with van der Waals surface area (Å²) in [6.45, 7) is 0. The first-order chi connectivity index (χ1) is 8.56. The highest BCUT2D eigenvalue weighted by atomic mass is 16.4. The Balaban J connectivity index is 2.10. The molecule has 0 unspecified atom stereocenters. The molecule has 92 valence electrons. The maximum Gasteiger partial charge on any atom is 0.354 e. The van der Waals surface area contributed by atoms with E-state index >= 15 is 0 Å². The number of H-pyrrole nitrogens is 1. The number of carbonyl (C=O) groups is 2. The summed E-state index contributed by atoms with van der Waals surface area (Å²) in [6, 6.07) is 2.68. The first-order valence-electron chi connectivity index (χ1n) is 4.75. The highest BCUT2D eigenvalue weighted by molar-refractivity contribution is 6.01. The van der Waals surface area contributed by atoms with Gasteiger partial charge in [0.1, 0.15) is 5.69 Å². The average molecular weight is 248 g/mol.